The molecule has 2 aliphatic rings. The van der Waals surface area contributed by atoms with Crippen LogP contribution in [0, 0.1) is 12.8 Å². The molecule has 3 atom stereocenters. The van der Waals surface area contributed by atoms with E-state index < -0.39 is 0 Å². The van der Waals surface area contributed by atoms with Crippen molar-refractivity contribution in [2.75, 3.05) is 13.1 Å². The Hall–Kier alpha value is -2.51. The summed E-state index contributed by atoms with van der Waals surface area (Å²) in [5.74, 6) is 1.80. The number of carbonyl (C=O) groups is 1. The number of nitrogens with one attached hydrogen (secondary N) is 1. The smallest absolute Gasteiger partial charge is 0.261 e. The highest BCUT2D eigenvalue weighted by atomic mass is 32.1. The van der Waals surface area contributed by atoms with Crippen molar-refractivity contribution in [2.45, 2.75) is 37.8 Å². The van der Waals surface area contributed by atoms with Crippen LogP contribution < -0.4 is 5.32 Å². The number of likely N-dealkylation sites (tertiary alicyclic amines) is 1. The van der Waals surface area contributed by atoms with Crippen molar-refractivity contribution in [3.63, 3.8) is 0 Å². The van der Waals surface area contributed by atoms with Gasteiger partial charge in [0.25, 0.3) is 5.91 Å². The van der Waals surface area contributed by atoms with Crippen LogP contribution in [0.1, 0.15) is 39.8 Å². The van der Waals surface area contributed by atoms with Gasteiger partial charge in [-0.05, 0) is 42.7 Å². The van der Waals surface area contributed by atoms with E-state index in [1.54, 1.807) is 0 Å². The zero-order chi connectivity index (χ0) is 19.8. The Morgan fingerprint density at radius 1 is 1.31 bits per heavy atom. The lowest BCUT2D eigenvalue weighted by molar-refractivity contribution is 0.0938. The molecule has 7 heteroatoms. The van der Waals surface area contributed by atoms with Gasteiger partial charge in [0.05, 0.1) is 10.3 Å². The first-order chi connectivity index (χ1) is 14.1. The number of carbonyl (C=O) groups excluding carboxylic acids is 1. The van der Waals surface area contributed by atoms with Gasteiger partial charge in [-0.3, -0.25) is 9.69 Å². The van der Waals surface area contributed by atoms with Crippen molar-refractivity contribution in [1.82, 2.24) is 20.4 Å². The molecule has 1 aromatic carbocycles. The topological polar surface area (TPSA) is 71.3 Å². The SMILES string of the molecule is Cc1noc(C23CC(NC(=O)c4cccs4)CC2CN(Cc2ccccc2)C3)n1. The average molecular weight is 409 g/mol. The van der Waals surface area contributed by atoms with Crippen molar-refractivity contribution in [3.05, 3.63) is 70.0 Å². The molecule has 150 valence electrons. The van der Waals surface area contributed by atoms with Crippen molar-refractivity contribution in [2.24, 2.45) is 5.92 Å². The zero-order valence-corrected chi connectivity index (χ0v) is 17.2. The van der Waals surface area contributed by atoms with E-state index in [0.29, 0.717) is 11.7 Å². The summed E-state index contributed by atoms with van der Waals surface area (Å²) < 4.78 is 5.68. The number of benzene rings is 1. The summed E-state index contributed by atoms with van der Waals surface area (Å²) in [6.45, 7) is 4.63. The molecule has 0 bridgehead atoms. The molecular weight excluding hydrogens is 384 g/mol. The highest BCUT2D eigenvalue weighted by Crippen LogP contribution is 2.50. The van der Waals surface area contributed by atoms with Gasteiger partial charge in [0.15, 0.2) is 5.82 Å². The number of rotatable bonds is 5. The van der Waals surface area contributed by atoms with Gasteiger partial charge in [-0.15, -0.1) is 11.3 Å². The molecule has 2 fully saturated rings. The molecule has 1 aliphatic heterocycles. The van der Waals surface area contributed by atoms with E-state index in [-0.39, 0.29) is 17.4 Å². The normalized spacial score (nSPS) is 26.5. The lowest BCUT2D eigenvalue weighted by Crippen LogP contribution is -2.37. The van der Waals surface area contributed by atoms with E-state index in [9.17, 15) is 4.79 Å². The number of thiophene rings is 1. The molecule has 1 amide bonds. The third-order valence-corrected chi connectivity index (χ3v) is 7.10. The molecule has 1 saturated carbocycles. The molecule has 5 rings (SSSR count). The van der Waals surface area contributed by atoms with Gasteiger partial charge >= 0.3 is 0 Å². The summed E-state index contributed by atoms with van der Waals surface area (Å²) in [5, 5.41) is 9.23. The number of aromatic nitrogens is 2. The minimum Gasteiger partial charge on any atom is -0.349 e. The summed E-state index contributed by atoms with van der Waals surface area (Å²) in [7, 11) is 0. The van der Waals surface area contributed by atoms with Crippen LogP contribution in [0.5, 0.6) is 0 Å². The van der Waals surface area contributed by atoms with Crippen LogP contribution in [0.15, 0.2) is 52.4 Å². The maximum atomic E-state index is 12.6. The van der Waals surface area contributed by atoms with Crippen LogP contribution >= 0.6 is 11.3 Å². The summed E-state index contributed by atoms with van der Waals surface area (Å²) in [4.78, 5) is 20.4. The fourth-order valence-electron chi connectivity index (χ4n) is 5.04. The van der Waals surface area contributed by atoms with E-state index in [0.717, 1.165) is 43.2 Å². The lowest BCUT2D eigenvalue weighted by Gasteiger charge is -2.25. The standard InChI is InChI=1S/C22H24N4O2S/c1-15-23-21(28-25-15)22-11-18(24-20(27)19-8-5-9-29-19)10-17(22)13-26(14-22)12-16-6-3-2-4-7-16/h2-9,17-18H,10-14H2,1H3,(H,24,27). The van der Waals surface area contributed by atoms with Gasteiger partial charge in [-0.25, -0.2) is 0 Å². The molecule has 2 aromatic heterocycles. The second-order valence-electron chi connectivity index (χ2n) is 8.24. The molecule has 3 unspecified atom stereocenters. The Morgan fingerprint density at radius 3 is 2.90 bits per heavy atom. The fraction of sp³-hybridized carbons (Fsp3) is 0.409. The van der Waals surface area contributed by atoms with Crippen molar-refractivity contribution < 1.29 is 9.32 Å². The van der Waals surface area contributed by atoms with Crippen LogP contribution in [-0.2, 0) is 12.0 Å². The third kappa shape index (κ3) is 3.49. The molecule has 3 aromatic rings. The first-order valence-electron chi connectivity index (χ1n) is 10.0. The fourth-order valence-corrected chi connectivity index (χ4v) is 5.67. The maximum absolute atomic E-state index is 12.6. The van der Waals surface area contributed by atoms with E-state index in [1.165, 1.54) is 16.9 Å². The first kappa shape index (κ1) is 18.5. The van der Waals surface area contributed by atoms with Crippen LogP contribution in [-0.4, -0.2) is 40.1 Å². The second kappa shape index (κ2) is 7.39. The van der Waals surface area contributed by atoms with Gasteiger partial charge < -0.3 is 9.84 Å². The largest absolute Gasteiger partial charge is 0.349 e. The average Bonchev–Trinajstić information content (AvgIpc) is 3.46. The van der Waals surface area contributed by atoms with E-state index in [1.807, 2.05) is 30.5 Å². The third-order valence-electron chi connectivity index (χ3n) is 6.23. The van der Waals surface area contributed by atoms with Gasteiger partial charge in [-0.2, -0.15) is 4.98 Å². The number of fused-ring (bicyclic) bond motifs is 1. The van der Waals surface area contributed by atoms with E-state index in [4.69, 9.17) is 4.52 Å². The molecule has 3 heterocycles. The van der Waals surface area contributed by atoms with Crippen LogP contribution in [0.4, 0.5) is 0 Å². The zero-order valence-electron chi connectivity index (χ0n) is 16.4. The van der Waals surface area contributed by atoms with Crippen molar-refractivity contribution >= 4 is 17.2 Å². The number of nitrogens with zero attached hydrogens (tertiary/aromatic N) is 3. The number of aryl methyl sites for hydroxylation is 1. The summed E-state index contributed by atoms with van der Waals surface area (Å²) in [5.41, 5.74) is 1.12. The summed E-state index contributed by atoms with van der Waals surface area (Å²) >= 11 is 1.48. The number of hydrogen-bond donors (Lipinski definition) is 1. The highest BCUT2D eigenvalue weighted by Gasteiger charge is 2.57. The minimum atomic E-state index is -0.191. The number of amides is 1. The van der Waals surface area contributed by atoms with Crippen molar-refractivity contribution in [1.29, 1.82) is 0 Å². The van der Waals surface area contributed by atoms with Gasteiger partial charge in [0, 0.05) is 25.7 Å². The molecule has 1 aliphatic carbocycles. The van der Waals surface area contributed by atoms with E-state index >= 15 is 0 Å². The number of hydrogen-bond acceptors (Lipinski definition) is 6. The molecule has 0 spiro atoms. The quantitative estimate of drug-likeness (QED) is 0.701. The van der Waals surface area contributed by atoms with Gasteiger partial charge in [0.1, 0.15) is 0 Å². The Kier molecular flexibility index (Phi) is 4.72. The van der Waals surface area contributed by atoms with Gasteiger partial charge in [-0.1, -0.05) is 41.6 Å². The predicted octanol–water partition coefficient (Wildman–Crippen LogP) is 3.40. The highest BCUT2D eigenvalue weighted by molar-refractivity contribution is 7.12. The Morgan fingerprint density at radius 2 is 2.17 bits per heavy atom. The monoisotopic (exact) mass is 408 g/mol. The predicted molar refractivity (Wildman–Crippen MR) is 111 cm³/mol. The second-order valence-corrected chi connectivity index (χ2v) is 9.19. The Labute approximate surface area is 173 Å². The molecule has 29 heavy (non-hydrogen) atoms. The summed E-state index contributed by atoms with van der Waals surface area (Å²) in [6.07, 6.45) is 1.77. The van der Waals surface area contributed by atoms with Gasteiger partial charge in [0.2, 0.25) is 5.89 Å². The van der Waals surface area contributed by atoms with Crippen LogP contribution in [0.25, 0.3) is 0 Å². The maximum Gasteiger partial charge on any atom is 0.261 e. The first-order valence-corrected chi connectivity index (χ1v) is 10.9. The van der Waals surface area contributed by atoms with Crippen LogP contribution in [0.2, 0.25) is 0 Å². The lowest BCUT2D eigenvalue weighted by atomic mass is 9.80. The minimum absolute atomic E-state index is 0.0166. The molecule has 6 nitrogen and oxygen atoms in total. The summed E-state index contributed by atoms with van der Waals surface area (Å²) in [6, 6.07) is 14.5. The van der Waals surface area contributed by atoms with Crippen LogP contribution in [0.3, 0.4) is 0 Å². The Bertz CT molecular complexity index is 987. The van der Waals surface area contributed by atoms with E-state index in [2.05, 4.69) is 44.6 Å². The Balaban J connectivity index is 1.36. The molecule has 1 saturated heterocycles. The molecular formula is C22H24N4O2S. The van der Waals surface area contributed by atoms with Crippen molar-refractivity contribution in [3.8, 4) is 0 Å². The molecule has 0 radical (unpaired) electrons. The molecule has 1 N–H and O–H groups in total.